The normalized spacial score (nSPS) is 12.8. The Kier molecular flexibility index (Phi) is 4.47. The Bertz CT molecular complexity index is 1390. The molecule has 31 heavy (non-hydrogen) atoms. The van der Waals surface area contributed by atoms with Crippen molar-refractivity contribution in [1.29, 1.82) is 0 Å². The lowest BCUT2D eigenvalue weighted by molar-refractivity contribution is -0.0893. The van der Waals surface area contributed by atoms with Crippen LogP contribution >= 0.6 is 0 Å². The van der Waals surface area contributed by atoms with E-state index < -0.39 is 11.2 Å². The van der Waals surface area contributed by atoms with Gasteiger partial charge in [-0.2, -0.15) is 0 Å². The Labute approximate surface area is 180 Å². The zero-order valence-electron chi connectivity index (χ0n) is 18.1. The van der Waals surface area contributed by atoms with Gasteiger partial charge in [0.2, 0.25) is 5.89 Å². The number of aromatic nitrogens is 1. The average molecular weight is 413 g/mol. The summed E-state index contributed by atoms with van der Waals surface area (Å²) in [6.45, 7) is 7.30. The van der Waals surface area contributed by atoms with Crippen molar-refractivity contribution in [2.75, 3.05) is 0 Å². The topological polar surface area (TPSA) is 68.6 Å². The molecule has 5 aromatic rings. The molecule has 0 amide bonds. The highest BCUT2D eigenvalue weighted by Gasteiger charge is 2.35. The van der Waals surface area contributed by atoms with Gasteiger partial charge < -0.3 is 18.6 Å². The second kappa shape index (κ2) is 6.97. The maximum absolute atomic E-state index is 10.4. The van der Waals surface area contributed by atoms with Crippen LogP contribution in [0.3, 0.4) is 0 Å². The third kappa shape index (κ3) is 3.42. The number of nitrogens with zero attached hydrogens (tertiary/aromatic N) is 1. The summed E-state index contributed by atoms with van der Waals surface area (Å²) < 4.78 is 18.3. The van der Waals surface area contributed by atoms with Crippen LogP contribution in [0.4, 0.5) is 0 Å². The molecule has 0 aliphatic heterocycles. The molecule has 0 aliphatic rings. The van der Waals surface area contributed by atoms with Crippen molar-refractivity contribution in [1.82, 2.24) is 4.98 Å². The van der Waals surface area contributed by atoms with E-state index in [4.69, 9.17) is 13.5 Å². The van der Waals surface area contributed by atoms with Gasteiger partial charge in [-0.25, -0.2) is 4.98 Å². The first kappa shape index (κ1) is 19.9. The third-order valence-corrected chi connectivity index (χ3v) is 6.17. The largest absolute Gasteiger partial charge is 0.456 e. The van der Waals surface area contributed by atoms with Crippen LogP contribution in [-0.2, 0) is 4.65 Å². The van der Waals surface area contributed by atoms with E-state index in [1.165, 1.54) is 0 Å². The number of fused-ring (bicyclic) bond motifs is 4. The monoisotopic (exact) mass is 413 g/mol. The van der Waals surface area contributed by atoms with Crippen molar-refractivity contribution in [2.24, 2.45) is 0 Å². The molecule has 0 atom stereocenters. The molecular weight excluding hydrogens is 389 g/mol. The predicted molar refractivity (Wildman–Crippen MR) is 125 cm³/mol. The van der Waals surface area contributed by atoms with E-state index in [0.717, 1.165) is 38.5 Å². The Morgan fingerprint density at radius 3 is 2.39 bits per heavy atom. The van der Waals surface area contributed by atoms with Crippen LogP contribution in [0.5, 0.6) is 0 Å². The van der Waals surface area contributed by atoms with Gasteiger partial charge >= 0.3 is 7.48 Å². The molecule has 0 radical (unpaired) electrons. The number of rotatable bonds is 5. The summed E-state index contributed by atoms with van der Waals surface area (Å²) in [6.07, 6.45) is 0. The summed E-state index contributed by atoms with van der Waals surface area (Å²) in [4.78, 5) is 4.64. The van der Waals surface area contributed by atoms with E-state index in [9.17, 15) is 5.11 Å². The van der Waals surface area contributed by atoms with Gasteiger partial charge in [-0.05, 0) is 57.4 Å². The van der Waals surface area contributed by atoms with Crippen molar-refractivity contribution in [3.05, 3.63) is 60.7 Å². The van der Waals surface area contributed by atoms with Gasteiger partial charge in [-0.15, -0.1) is 0 Å². The van der Waals surface area contributed by atoms with Crippen molar-refractivity contribution >= 4 is 46.0 Å². The number of hydrogen-bond donors (Lipinski definition) is 1. The SMILES string of the molecule is CC(C)(O)C(C)(C)OBc1cccc2oc3cc4nc(-c5ccccc5)oc4cc3c12. The molecule has 0 aliphatic carbocycles. The molecule has 6 heteroatoms. The van der Waals surface area contributed by atoms with Gasteiger partial charge in [-0.3, -0.25) is 0 Å². The molecule has 3 aromatic carbocycles. The molecule has 5 rings (SSSR count). The maximum Gasteiger partial charge on any atom is 0.310 e. The highest BCUT2D eigenvalue weighted by Crippen LogP contribution is 2.33. The van der Waals surface area contributed by atoms with Gasteiger partial charge in [0.25, 0.3) is 0 Å². The summed E-state index contributed by atoms with van der Waals surface area (Å²) in [5.74, 6) is 0.586. The fourth-order valence-electron chi connectivity index (χ4n) is 3.58. The molecule has 2 heterocycles. The van der Waals surface area contributed by atoms with Gasteiger partial charge in [0.15, 0.2) is 5.58 Å². The number of benzene rings is 3. The molecule has 0 fully saturated rings. The first-order valence-electron chi connectivity index (χ1n) is 10.4. The highest BCUT2D eigenvalue weighted by atomic mass is 16.5. The summed E-state index contributed by atoms with van der Waals surface area (Å²) in [5.41, 5.74) is 3.25. The number of hydrogen-bond acceptors (Lipinski definition) is 5. The summed E-state index contributed by atoms with van der Waals surface area (Å²) in [6, 6.07) is 19.7. The van der Waals surface area contributed by atoms with E-state index >= 15 is 0 Å². The number of aliphatic hydroxyl groups is 1. The molecule has 0 unspecified atom stereocenters. The fourth-order valence-corrected chi connectivity index (χ4v) is 3.58. The second-order valence-electron chi connectivity index (χ2n) is 8.95. The number of oxazole rings is 1. The summed E-state index contributed by atoms with van der Waals surface area (Å²) >= 11 is 0. The molecule has 0 bridgehead atoms. The van der Waals surface area contributed by atoms with Crippen LogP contribution in [0.1, 0.15) is 27.7 Å². The van der Waals surface area contributed by atoms with Crippen LogP contribution in [-0.4, -0.2) is 28.8 Å². The molecule has 0 saturated heterocycles. The molecule has 5 nitrogen and oxygen atoms in total. The van der Waals surface area contributed by atoms with Crippen molar-refractivity contribution in [3.8, 4) is 11.5 Å². The zero-order valence-corrected chi connectivity index (χ0v) is 18.1. The first-order chi connectivity index (χ1) is 14.7. The molecule has 2 aromatic heterocycles. The van der Waals surface area contributed by atoms with E-state index in [1.807, 2.05) is 74.5 Å². The van der Waals surface area contributed by atoms with Gasteiger partial charge in [-0.1, -0.05) is 30.3 Å². The zero-order chi connectivity index (χ0) is 21.8. The molecule has 1 N–H and O–H groups in total. The van der Waals surface area contributed by atoms with Gasteiger partial charge in [0, 0.05) is 22.4 Å². The minimum absolute atomic E-state index is 0.354. The lowest BCUT2D eigenvalue weighted by atomic mass is 9.80. The van der Waals surface area contributed by atoms with E-state index in [0.29, 0.717) is 19.0 Å². The second-order valence-corrected chi connectivity index (χ2v) is 8.95. The van der Waals surface area contributed by atoms with E-state index in [2.05, 4.69) is 4.98 Å². The predicted octanol–water partition coefficient (Wildman–Crippen LogP) is 4.94. The summed E-state index contributed by atoms with van der Waals surface area (Å²) in [7, 11) is 0.354. The van der Waals surface area contributed by atoms with Crippen molar-refractivity contribution in [2.45, 2.75) is 38.9 Å². The fraction of sp³-hybridized carbons (Fsp3) is 0.240. The number of furan rings is 1. The average Bonchev–Trinajstić information content (AvgIpc) is 3.31. The van der Waals surface area contributed by atoms with Crippen LogP contribution < -0.4 is 5.46 Å². The van der Waals surface area contributed by atoms with Gasteiger partial charge in [0.1, 0.15) is 16.7 Å². The Morgan fingerprint density at radius 2 is 1.65 bits per heavy atom. The first-order valence-corrected chi connectivity index (χ1v) is 10.4. The smallest absolute Gasteiger partial charge is 0.310 e. The minimum atomic E-state index is -0.973. The highest BCUT2D eigenvalue weighted by molar-refractivity contribution is 6.52. The summed E-state index contributed by atoms with van der Waals surface area (Å²) in [5, 5.41) is 12.4. The lowest BCUT2D eigenvalue weighted by Crippen LogP contribution is -2.49. The maximum atomic E-state index is 10.4. The Balaban J connectivity index is 1.60. The molecule has 0 spiro atoms. The third-order valence-electron chi connectivity index (χ3n) is 6.17. The quantitative estimate of drug-likeness (QED) is 0.414. The Hall–Kier alpha value is -3.09. The van der Waals surface area contributed by atoms with Crippen LogP contribution in [0.25, 0.3) is 44.5 Å². The van der Waals surface area contributed by atoms with E-state index in [-0.39, 0.29) is 0 Å². The van der Waals surface area contributed by atoms with Crippen molar-refractivity contribution < 1.29 is 18.6 Å². The van der Waals surface area contributed by atoms with Gasteiger partial charge in [0.05, 0.1) is 11.2 Å². The minimum Gasteiger partial charge on any atom is -0.456 e. The van der Waals surface area contributed by atoms with Crippen LogP contribution in [0.15, 0.2) is 69.5 Å². The van der Waals surface area contributed by atoms with Crippen LogP contribution in [0, 0.1) is 0 Å². The standard InChI is InChI=1S/C25H24BNO4/c1-24(2,28)25(3,4)31-26-17-11-8-12-19-22(17)16-13-21-18(14-20(16)29-19)27-23(30-21)15-9-6-5-7-10-15/h5-14,26,28H,1-4H3. The van der Waals surface area contributed by atoms with Crippen molar-refractivity contribution in [3.63, 3.8) is 0 Å². The van der Waals surface area contributed by atoms with E-state index in [1.54, 1.807) is 13.8 Å². The Morgan fingerprint density at radius 1 is 0.871 bits per heavy atom. The molecule has 0 saturated carbocycles. The van der Waals surface area contributed by atoms with Crippen LogP contribution in [0.2, 0.25) is 0 Å². The molecule has 156 valence electrons. The lowest BCUT2D eigenvalue weighted by Gasteiger charge is -2.37. The molecular formula is C25H24BNO4.